The summed E-state index contributed by atoms with van der Waals surface area (Å²) in [5.41, 5.74) is 1.71. The molecule has 0 spiro atoms. The zero-order valence-electron chi connectivity index (χ0n) is 10.5. The minimum absolute atomic E-state index is 0.496. The lowest BCUT2D eigenvalue weighted by atomic mass is 9.93. The van der Waals surface area contributed by atoms with Gasteiger partial charge in [-0.2, -0.15) is 0 Å². The van der Waals surface area contributed by atoms with E-state index in [1.165, 1.54) is 4.90 Å². The van der Waals surface area contributed by atoms with Crippen molar-refractivity contribution in [2.24, 2.45) is 5.92 Å². The lowest BCUT2D eigenvalue weighted by Gasteiger charge is -2.29. The third kappa shape index (κ3) is 2.52. The van der Waals surface area contributed by atoms with E-state index < -0.39 is 6.09 Å². The molecule has 1 saturated heterocycles. The fourth-order valence-corrected chi connectivity index (χ4v) is 2.59. The third-order valence-corrected chi connectivity index (χ3v) is 3.67. The maximum absolute atomic E-state index is 10.8. The highest BCUT2D eigenvalue weighted by molar-refractivity contribution is 5.69. The van der Waals surface area contributed by atoms with Crippen LogP contribution in [-0.2, 0) is 6.42 Å². The number of carbonyl (C=O) groups is 1. The number of amides is 1. The molecule has 100 valence electrons. The monoisotopic (exact) mass is 260 g/mol. The van der Waals surface area contributed by atoms with Crippen LogP contribution in [0.2, 0.25) is 0 Å². The summed E-state index contributed by atoms with van der Waals surface area (Å²) >= 11 is 0. The number of likely N-dealkylation sites (tertiary alicyclic amines) is 1. The fraction of sp³-hybridized carbons (Fsp3) is 0.462. The number of H-pyrrole nitrogens is 1. The molecule has 1 aliphatic rings. The lowest BCUT2D eigenvalue weighted by molar-refractivity contribution is 0.124. The summed E-state index contributed by atoms with van der Waals surface area (Å²) < 4.78 is 0. The van der Waals surface area contributed by atoms with Gasteiger partial charge >= 0.3 is 6.09 Å². The Morgan fingerprint density at radius 3 is 2.95 bits per heavy atom. The van der Waals surface area contributed by atoms with Gasteiger partial charge in [-0.05, 0) is 30.9 Å². The van der Waals surface area contributed by atoms with Gasteiger partial charge in [-0.3, -0.25) is 0 Å². The molecule has 2 aromatic rings. The summed E-state index contributed by atoms with van der Waals surface area (Å²) in [4.78, 5) is 24.3. The fourth-order valence-electron chi connectivity index (χ4n) is 2.59. The molecule has 0 bridgehead atoms. The number of nitrogens with one attached hydrogen (secondary N) is 1. The van der Waals surface area contributed by atoms with Crippen LogP contribution in [0, 0.1) is 5.92 Å². The third-order valence-electron chi connectivity index (χ3n) is 3.67. The number of piperidine rings is 1. The van der Waals surface area contributed by atoms with Gasteiger partial charge in [-0.1, -0.05) is 0 Å². The molecule has 1 aliphatic heterocycles. The van der Waals surface area contributed by atoms with Gasteiger partial charge in [0.25, 0.3) is 0 Å². The van der Waals surface area contributed by atoms with Crippen LogP contribution in [0.4, 0.5) is 4.79 Å². The Hall–Kier alpha value is -2.11. The molecule has 6 nitrogen and oxygen atoms in total. The highest BCUT2D eigenvalue weighted by atomic mass is 16.4. The Balaban J connectivity index is 1.64. The first kappa shape index (κ1) is 12.0. The Morgan fingerprint density at radius 2 is 2.26 bits per heavy atom. The summed E-state index contributed by atoms with van der Waals surface area (Å²) in [5, 5.41) is 8.91. The molecule has 0 unspecified atom stereocenters. The molecule has 1 fully saturated rings. The van der Waals surface area contributed by atoms with Crippen molar-refractivity contribution in [1.29, 1.82) is 0 Å². The van der Waals surface area contributed by atoms with Crippen LogP contribution >= 0.6 is 0 Å². The Bertz CT molecular complexity index is 554. The molecule has 0 aromatic carbocycles. The van der Waals surface area contributed by atoms with Gasteiger partial charge in [-0.15, -0.1) is 0 Å². The molecule has 0 atom stereocenters. The highest BCUT2D eigenvalue weighted by Crippen LogP contribution is 2.21. The largest absolute Gasteiger partial charge is 0.465 e. The van der Waals surface area contributed by atoms with Gasteiger partial charge in [0.2, 0.25) is 0 Å². The number of aromatic nitrogens is 3. The Kier molecular flexibility index (Phi) is 3.06. The van der Waals surface area contributed by atoms with Crippen molar-refractivity contribution in [2.45, 2.75) is 19.3 Å². The molecule has 1 amide bonds. The molecular weight excluding hydrogens is 244 g/mol. The summed E-state index contributed by atoms with van der Waals surface area (Å²) in [6, 6.07) is 3.85. The summed E-state index contributed by atoms with van der Waals surface area (Å²) in [6.45, 7) is 1.25. The second-order valence-electron chi connectivity index (χ2n) is 4.98. The Morgan fingerprint density at radius 1 is 1.47 bits per heavy atom. The molecule has 2 N–H and O–H groups in total. The minimum Gasteiger partial charge on any atom is -0.465 e. The average molecular weight is 260 g/mol. The number of aromatic amines is 1. The van der Waals surface area contributed by atoms with Gasteiger partial charge in [0.1, 0.15) is 5.82 Å². The molecule has 3 rings (SSSR count). The predicted molar refractivity (Wildman–Crippen MR) is 69.9 cm³/mol. The van der Waals surface area contributed by atoms with Gasteiger partial charge in [0.15, 0.2) is 5.65 Å². The van der Waals surface area contributed by atoms with Crippen LogP contribution in [0.15, 0.2) is 18.3 Å². The second-order valence-corrected chi connectivity index (χ2v) is 4.98. The smallest absolute Gasteiger partial charge is 0.407 e. The number of imidazole rings is 1. The maximum Gasteiger partial charge on any atom is 0.407 e. The first-order valence-corrected chi connectivity index (χ1v) is 6.50. The first-order valence-electron chi connectivity index (χ1n) is 6.50. The molecule has 0 saturated carbocycles. The molecule has 0 radical (unpaired) electrons. The summed E-state index contributed by atoms with van der Waals surface area (Å²) in [7, 11) is 0. The second kappa shape index (κ2) is 4.87. The maximum atomic E-state index is 10.8. The van der Waals surface area contributed by atoms with Crippen molar-refractivity contribution < 1.29 is 9.90 Å². The molecule has 3 heterocycles. The topological polar surface area (TPSA) is 82.1 Å². The van der Waals surface area contributed by atoms with Crippen LogP contribution in [-0.4, -0.2) is 44.1 Å². The van der Waals surface area contributed by atoms with Crippen LogP contribution in [0.25, 0.3) is 11.2 Å². The van der Waals surface area contributed by atoms with E-state index in [-0.39, 0.29) is 0 Å². The van der Waals surface area contributed by atoms with E-state index in [1.807, 2.05) is 12.1 Å². The number of hydrogen-bond donors (Lipinski definition) is 2. The van der Waals surface area contributed by atoms with E-state index in [0.29, 0.717) is 19.0 Å². The number of nitrogens with zero attached hydrogens (tertiary/aromatic N) is 3. The van der Waals surface area contributed by atoms with Crippen molar-refractivity contribution in [2.75, 3.05) is 13.1 Å². The zero-order valence-corrected chi connectivity index (χ0v) is 10.5. The molecular formula is C13H16N4O2. The summed E-state index contributed by atoms with van der Waals surface area (Å²) in [6.07, 6.45) is 3.58. The van der Waals surface area contributed by atoms with Crippen LogP contribution < -0.4 is 0 Å². The number of pyridine rings is 1. The van der Waals surface area contributed by atoms with E-state index in [1.54, 1.807) is 6.20 Å². The van der Waals surface area contributed by atoms with E-state index in [0.717, 1.165) is 36.3 Å². The van der Waals surface area contributed by atoms with Crippen LogP contribution in [0.3, 0.4) is 0 Å². The van der Waals surface area contributed by atoms with Gasteiger partial charge in [0.05, 0.1) is 5.52 Å². The average Bonchev–Trinajstić information content (AvgIpc) is 2.81. The zero-order chi connectivity index (χ0) is 13.2. The molecule has 19 heavy (non-hydrogen) atoms. The molecule has 2 aromatic heterocycles. The molecule has 0 aliphatic carbocycles. The number of carboxylic acid groups (broad SMARTS) is 1. The van der Waals surface area contributed by atoms with Crippen molar-refractivity contribution >= 4 is 17.3 Å². The predicted octanol–water partition coefficient (Wildman–Crippen LogP) is 1.89. The first-order chi connectivity index (χ1) is 9.22. The number of fused-ring (bicyclic) bond motifs is 1. The van der Waals surface area contributed by atoms with Gasteiger partial charge < -0.3 is 15.0 Å². The van der Waals surface area contributed by atoms with Gasteiger partial charge in [0, 0.05) is 25.7 Å². The van der Waals surface area contributed by atoms with E-state index in [4.69, 9.17) is 5.11 Å². The number of rotatable bonds is 2. The van der Waals surface area contributed by atoms with Crippen molar-refractivity contribution in [1.82, 2.24) is 19.9 Å². The van der Waals surface area contributed by atoms with Crippen molar-refractivity contribution in [3.8, 4) is 0 Å². The van der Waals surface area contributed by atoms with Gasteiger partial charge in [-0.25, -0.2) is 14.8 Å². The minimum atomic E-state index is -0.814. The van der Waals surface area contributed by atoms with Crippen LogP contribution in [0.1, 0.15) is 18.7 Å². The highest BCUT2D eigenvalue weighted by Gasteiger charge is 2.23. The molecule has 6 heteroatoms. The number of hydrogen-bond acceptors (Lipinski definition) is 3. The van der Waals surface area contributed by atoms with Crippen molar-refractivity contribution in [3.05, 3.63) is 24.2 Å². The van der Waals surface area contributed by atoms with E-state index >= 15 is 0 Å². The van der Waals surface area contributed by atoms with E-state index in [9.17, 15) is 4.79 Å². The van der Waals surface area contributed by atoms with E-state index in [2.05, 4.69) is 15.0 Å². The normalized spacial score (nSPS) is 16.9. The quantitative estimate of drug-likeness (QED) is 0.863. The standard InChI is InChI=1S/C13H16N4O2/c18-13(19)17-6-3-9(4-7-17)8-11-15-10-2-1-5-14-12(10)16-11/h1-2,5,9H,3-4,6-8H2,(H,18,19)(H,14,15,16). The Labute approximate surface area is 110 Å². The van der Waals surface area contributed by atoms with Crippen LogP contribution in [0.5, 0.6) is 0 Å². The SMILES string of the molecule is O=C(O)N1CCC(Cc2nc3ncccc3[nH]2)CC1. The lowest BCUT2D eigenvalue weighted by Crippen LogP contribution is -2.37. The summed E-state index contributed by atoms with van der Waals surface area (Å²) in [5.74, 6) is 1.44. The van der Waals surface area contributed by atoms with Crippen molar-refractivity contribution in [3.63, 3.8) is 0 Å².